The Morgan fingerprint density at radius 2 is 2.23 bits per heavy atom. The number of benzene rings is 1. The van der Waals surface area contributed by atoms with Crippen molar-refractivity contribution in [3.05, 3.63) is 35.1 Å². The second-order valence-corrected chi connectivity index (χ2v) is 5.95. The van der Waals surface area contributed by atoms with Crippen LogP contribution >= 0.6 is 0 Å². The molecule has 0 aliphatic carbocycles. The second-order valence-electron chi connectivity index (χ2n) is 5.95. The number of carbonyl (C=O) groups is 1. The van der Waals surface area contributed by atoms with Gasteiger partial charge in [-0.1, -0.05) is 0 Å². The molecule has 2 rings (SSSR count). The van der Waals surface area contributed by atoms with Crippen LogP contribution in [0.15, 0.2) is 18.2 Å². The van der Waals surface area contributed by atoms with Gasteiger partial charge in [-0.05, 0) is 32.0 Å². The van der Waals surface area contributed by atoms with E-state index in [1.54, 1.807) is 0 Å². The Labute approximate surface area is 128 Å². The fraction of sp³-hybridized carbons (Fsp3) is 0.562. The molecule has 0 spiro atoms. The quantitative estimate of drug-likeness (QED) is 0.907. The van der Waals surface area contributed by atoms with E-state index in [-0.39, 0.29) is 38.1 Å². The van der Waals surface area contributed by atoms with Gasteiger partial charge in [-0.25, -0.2) is 8.78 Å². The molecule has 4 nitrogen and oxygen atoms in total. The van der Waals surface area contributed by atoms with Gasteiger partial charge in [-0.2, -0.15) is 0 Å². The van der Waals surface area contributed by atoms with Gasteiger partial charge in [0.05, 0.1) is 25.9 Å². The van der Waals surface area contributed by atoms with Gasteiger partial charge in [0, 0.05) is 24.1 Å². The molecular formula is C16H21F2NO3. The predicted octanol–water partition coefficient (Wildman–Crippen LogP) is 2.30. The number of aliphatic hydroxyl groups excluding tert-OH is 1. The van der Waals surface area contributed by atoms with Crippen LogP contribution in [0.1, 0.15) is 36.2 Å². The van der Waals surface area contributed by atoms with Gasteiger partial charge in [0.25, 0.3) is 5.91 Å². The molecule has 1 heterocycles. The third-order valence-electron chi connectivity index (χ3n) is 3.74. The van der Waals surface area contributed by atoms with Gasteiger partial charge >= 0.3 is 0 Å². The first-order valence-electron chi connectivity index (χ1n) is 7.34. The molecule has 0 bridgehead atoms. The first-order chi connectivity index (χ1) is 10.3. The Hall–Kier alpha value is -1.53. The summed E-state index contributed by atoms with van der Waals surface area (Å²) in [6.07, 6.45) is 0.0637. The summed E-state index contributed by atoms with van der Waals surface area (Å²) in [5.74, 6) is -0.799. The van der Waals surface area contributed by atoms with E-state index >= 15 is 0 Å². The lowest BCUT2D eigenvalue weighted by Gasteiger charge is -2.19. The Kier molecular flexibility index (Phi) is 5.13. The highest BCUT2D eigenvalue weighted by Gasteiger charge is 2.39. The first kappa shape index (κ1) is 16.8. The van der Waals surface area contributed by atoms with Crippen LogP contribution in [0.4, 0.5) is 8.78 Å². The van der Waals surface area contributed by atoms with Crippen molar-refractivity contribution < 1.29 is 23.4 Å². The van der Waals surface area contributed by atoms with Gasteiger partial charge in [-0.3, -0.25) is 4.79 Å². The summed E-state index contributed by atoms with van der Waals surface area (Å²) < 4.78 is 33.1. The van der Waals surface area contributed by atoms with Gasteiger partial charge < -0.3 is 14.7 Å². The van der Waals surface area contributed by atoms with Crippen LogP contribution in [0.25, 0.3) is 0 Å². The van der Waals surface area contributed by atoms with Crippen LogP contribution in [0.5, 0.6) is 0 Å². The fourth-order valence-electron chi connectivity index (χ4n) is 2.40. The third kappa shape index (κ3) is 3.81. The lowest BCUT2D eigenvalue weighted by molar-refractivity contribution is 0.0622. The molecule has 1 unspecified atom stereocenters. The standard InChI is InChI=1S/C16H21F2NO3/c1-11(2)22-8-13-7-12(3-4-14(13)17)15(21)19-6-5-16(18,9-19)10-20/h3-4,7,11,20H,5-6,8-10H2,1-2H3. The van der Waals surface area contributed by atoms with Crippen LogP contribution in [0.3, 0.4) is 0 Å². The molecule has 1 amide bonds. The highest BCUT2D eigenvalue weighted by atomic mass is 19.1. The number of aliphatic hydroxyl groups is 1. The van der Waals surface area contributed by atoms with Gasteiger partial charge in [0.1, 0.15) is 5.82 Å². The molecule has 6 heteroatoms. The molecule has 1 aromatic rings. The maximum Gasteiger partial charge on any atom is 0.253 e. The van der Waals surface area contributed by atoms with Crippen LogP contribution < -0.4 is 0 Å². The average molecular weight is 313 g/mol. The van der Waals surface area contributed by atoms with Crippen molar-refractivity contribution in [1.82, 2.24) is 4.90 Å². The SMILES string of the molecule is CC(C)OCc1cc(C(=O)N2CCC(F)(CO)C2)ccc1F. The summed E-state index contributed by atoms with van der Waals surface area (Å²) >= 11 is 0. The maximum atomic E-state index is 14.0. The molecule has 0 radical (unpaired) electrons. The number of ether oxygens (including phenoxy) is 1. The first-order valence-corrected chi connectivity index (χ1v) is 7.34. The summed E-state index contributed by atoms with van der Waals surface area (Å²) in [6, 6.07) is 4.04. The second kappa shape index (κ2) is 6.71. The van der Waals surface area contributed by atoms with E-state index in [0.29, 0.717) is 11.1 Å². The van der Waals surface area contributed by atoms with Crippen molar-refractivity contribution in [2.75, 3.05) is 19.7 Å². The fourth-order valence-corrected chi connectivity index (χ4v) is 2.40. The molecule has 0 saturated carbocycles. The van der Waals surface area contributed by atoms with E-state index in [4.69, 9.17) is 9.84 Å². The third-order valence-corrected chi connectivity index (χ3v) is 3.74. The monoisotopic (exact) mass is 313 g/mol. The number of likely N-dealkylation sites (tertiary alicyclic amines) is 1. The molecule has 1 atom stereocenters. The Morgan fingerprint density at radius 3 is 2.82 bits per heavy atom. The Balaban J connectivity index is 2.12. The van der Waals surface area contributed by atoms with Gasteiger partial charge in [0.2, 0.25) is 0 Å². The van der Waals surface area contributed by atoms with Gasteiger partial charge in [0.15, 0.2) is 5.67 Å². The molecule has 1 aliphatic heterocycles. The normalized spacial score (nSPS) is 21.6. The molecule has 22 heavy (non-hydrogen) atoms. The number of halogens is 2. The zero-order valence-electron chi connectivity index (χ0n) is 12.8. The highest BCUT2D eigenvalue weighted by Crippen LogP contribution is 2.26. The molecule has 1 fully saturated rings. The van der Waals surface area contributed by atoms with Crippen molar-refractivity contribution in [2.45, 2.75) is 38.6 Å². The van der Waals surface area contributed by atoms with Crippen LogP contribution in [0, 0.1) is 5.82 Å². The van der Waals surface area contributed by atoms with E-state index in [1.807, 2.05) is 13.8 Å². The molecule has 1 aromatic carbocycles. The average Bonchev–Trinajstić information content (AvgIpc) is 2.89. The minimum absolute atomic E-state index is 0.0472. The van der Waals surface area contributed by atoms with Crippen LogP contribution in [0.2, 0.25) is 0 Å². The van der Waals surface area contributed by atoms with E-state index in [2.05, 4.69) is 0 Å². The maximum absolute atomic E-state index is 14.0. The number of rotatable bonds is 5. The lowest BCUT2D eigenvalue weighted by atomic mass is 10.1. The van der Waals surface area contributed by atoms with E-state index in [9.17, 15) is 13.6 Å². The van der Waals surface area contributed by atoms with Crippen molar-refractivity contribution in [2.24, 2.45) is 0 Å². The number of carbonyl (C=O) groups excluding carboxylic acids is 1. The molecule has 0 aromatic heterocycles. The van der Waals surface area contributed by atoms with E-state index in [1.165, 1.54) is 23.1 Å². The molecule has 122 valence electrons. The highest BCUT2D eigenvalue weighted by molar-refractivity contribution is 5.94. The van der Waals surface area contributed by atoms with Gasteiger partial charge in [-0.15, -0.1) is 0 Å². The Morgan fingerprint density at radius 1 is 1.50 bits per heavy atom. The summed E-state index contributed by atoms with van der Waals surface area (Å²) in [7, 11) is 0. The number of alkyl halides is 1. The lowest BCUT2D eigenvalue weighted by Crippen LogP contribution is -2.35. The van der Waals surface area contributed by atoms with Crippen LogP contribution in [-0.2, 0) is 11.3 Å². The minimum Gasteiger partial charge on any atom is -0.393 e. The molecule has 1 saturated heterocycles. The summed E-state index contributed by atoms with van der Waals surface area (Å²) in [6.45, 7) is 3.25. The van der Waals surface area contributed by atoms with E-state index < -0.39 is 18.1 Å². The Bertz CT molecular complexity index is 550. The minimum atomic E-state index is -1.74. The van der Waals surface area contributed by atoms with Crippen molar-refractivity contribution in [3.63, 3.8) is 0 Å². The number of amides is 1. The van der Waals surface area contributed by atoms with Crippen molar-refractivity contribution >= 4 is 5.91 Å². The zero-order valence-corrected chi connectivity index (χ0v) is 12.8. The number of nitrogens with zero attached hydrogens (tertiary/aromatic N) is 1. The number of hydrogen-bond acceptors (Lipinski definition) is 3. The number of hydrogen-bond donors (Lipinski definition) is 1. The molecular weight excluding hydrogens is 292 g/mol. The van der Waals surface area contributed by atoms with Crippen molar-refractivity contribution in [3.8, 4) is 0 Å². The molecule has 1 N–H and O–H groups in total. The van der Waals surface area contributed by atoms with Crippen LogP contribution in [-0.4, -0.2) is 47.4 Å². The predicted molar refractivity (Wildman–Crippen MR) is 77.8 cm³/mol. The summed E-state index contributed by atoms with van der Waals surface area (Å²) in [4.78, 5) is 13.7. The summed E-state index contributed by atoms with van der Waals surface area (Å²) in [5, 5.41) is 9.02. The zero-order chi connectivity index (χ0) is 16.3. The molecule has 1 aliphatic rings. The smallest absolute Gasteiger partial charge is 0.253 e. The summed E-state index contributed by atoms with van der Waals surface area (Å²) in [5.41, 5.74) is -1.14. The largest absolute Gasteiger partial charge is 0.393 e. The van der Waals surface area contributed by atoms with Crippen molar-refractivity contribution in [1.29, 1.82) is 0 Å². The topological polar surface area (TPSA) is 49.8 Å². The van der Waals surface area contributed by atoms with E-state index in [0.717, 1.165) is 0 Å².